The predicted octanol–water partition coefficient (Wildman–Crippen LogP) is 2.47. The first-order valence-electron chi connectivity index (χ1n) is 7.94. The van der Waals surface area contributed by atoms with Crippen LogP contribution in [0.4, 0.5) is 5.13 Å². The summed E-state index contributed by atoms with van der Waals surface area (Å²) in [6.45, 7) is 7.62. The molecule has 132 valence electrons. The van der Waals surface area contributed by atoms with Crippen LogP contribution in [0.1, 0.15) is 41.8 Å². The fraction of sp³-hybridized carbons (Fsp3) is 0.467. The third-order valence-corrected chi connectivity index (χ3v) is 6.08. The number of rotatable bonds is 5. The molecule has 3 aromatic rings. The van der Waals surface area contributed by atoms with E-state index in [1.54, 1.807) is 0 Å². The number of carbonyl (C=O) groups excluding carboxylic acids is 1. The minimum Gasteiger partial charge on any atom is -0.299 e. The molecule has 0 saturated carbocycles. The Labute approximate surface area is 151 Å². The molecule has 0 aliphatic rings. The van der Waals surface area contributed by atoms with Crippen molar-refractivity contribution >= 4 is 43.9 Å². The SMILES string of the molecule is CCc1nnc(NC(=O)C(CC)n2nnc3sc(C)c(C)c3c2=O)s1. The summed E-state index contributed by atoms with van der Waals surface area (Å²) in [6, 6.07) is -0.752. The van der Waals surface area contributed by atoms with Crippen LogP contribution in [0.3, 0.4) is 0 Å². The van der Waals surface area contributed by atoms with Gasteiger partial charge in [0.25, 0.3) is 11.5 Å². The van der Waals surface area contributed by atoms with Crippen LogP contribution in [0, 0.1) is 13.8 Å². The number of amides is 1. The van der Waals surface area contributed by atoms with E-state index in [0.717, 1.165) is 21.9 Å². The molecule has 25 heavy (non-hydrogen) atoms. The average Bonchev–Trinajstić information content (AvgIpc) is 3.15. The topological polar surface area (TPSA) is 103 Å². The minimum absolute atomic E-state index is 0.291. The summed E-state index contributed by atoms with van der Waals surface area (Å²) in [5, 5.41) is 20.5. The van der Waals surface area contributed by atoms with Gasteiger partial charge in [-0.1, -0.05) is 30.4 Å². The van der Waals surface area contributed by atoms with E-state index in [9.17, 15) is 9.59 Å². The molecule has 0 aliphatic carbocycles. The third kappa shape index (κ3) is 3.19. The predicted molar refractivity (Wildman–Crippen MR) is 98.4 cm³/mol. The van der Waals surface area contributed by atoms with Gasteiger partial charge in [-0.25, -0.2) is 0 Å². The molecule has 0 saturated heterocycles. The zero-order valence-electron chi connectivity index (χ0n) is 14.4. The highest BCUT2D eigenvalue weighted by molar-refractivity contribution is 7.18. The van der Waals surface area contributed by atoms with Gasteiger partial charge in [-0.3, -0.25) is 14.9 Å². The lowest BCUT2D eigenvalue weighted by atomic mass is 10.2. The number of hydrogen-bond acceptors (Lipinski definition) is 8. The summed E-state index contributed by atoms with van der Waals surface area (Å²) in [7, 11) is 0. The fourth-order valence-electron chi connectivity index (χ4n) is 2.48. The standard InChI is InChI=1S/C15H18N6O2S2/c1-5-9(12(22)16-15-19-17-10(6-2)25-15)21-14(23)11-7(3)8(4)24-13(11)18-20-21/h9H,5-6H2,1-4H3,(H,16,19,22). The first-order chi connectivity index (χ1) is 12.0. The molecule has 3 rings (SSSR count). The smallest absolute Gasteiger partial charge is 0.279 e. The monoisotopic (exact) mass is 378 g/mol. The number of thiophene rings is 1. The van der Waals surface area contributed by atoms with Gasteiger partial charge in [-0.05, 0) is 32.3 Å². The zero-order valence-corrected chi connectivity index (χ0v) is 16.0. The normalized spacial score (nSPS) is 12.5. The summed E-state index contributed by atoms with van der Waals surface area (Å²) in [5.74, 6) is -0.346. The van der Waals surface area contributed by atoms with Gasteiger partial charge in [0.05, 0.1) is 5.39 Å². The van der Waals surface area contributed by atoms with Crippen LogP contribution in [0.5, 0.6) is 0 Å². The van der Waals surface area contributed by atoms with Crippen molar-refractivity contribution in [3.63, 3.8) is 0 Å². The largest absolute Gasteiger partial charge is 0.299 e. The maximum Gasteiger partial charge on any atom is 0.279 e. The van der Waals surface area contributed by atoms with Gasteiger partial charge in [0, 0.05) is 4.88 Å². The van der Waals surface area contributed by atoms with Crippen molar-refractivity contribution < 1.29 is 4.79 Å². The molecule has 8 nitrogen and oxygen atoms in total. The van der Waals surface area contributed by atoms with Crippen molar-refractivity contribution in [3.8, 4) is 0 Å². The van der Waals surface area contributed by atoms with Crippen LogP contribution in [0.15, 0.2) is 4.79 Å². The van der Waals surface area contributed by atoms with Crippen LogP contribution < -0.4 is 10.9 Å². The Bertz CT molecular complexity index is 990. The number of nitrogens with zero attached hydrogens (tertiary/aromatic N) is 5. The lowest BCUT2D eigenvalue weighted by Crippen LogP contribution is -2.35. The fourth-order valence-corrected chi connectivity index (χ4v) is 4.13. The molecule has 10 heteroatoms. The Morgan fingerprint density at radius 3 is 2.60 bits per heavy atom. The van der Waals surface area contributed by atoms with E-state index >= 15 is 0 Å². The Hall–Kier alpha value is -2.20. The van der Waals surface area contributed by atoms with Crippen molar-refractivity contribution in [2.75, 3.05) is 5.32 Å². The Kier molecular flexibility index (Phi) is 4.91. The molecule has 0 fully saturated rings. The highest BCUT2D eigenvalue weighted by Crippen LogP contribution is 2.26. The second kappa shape index (κ2) is 6.96. The third-order valence-electron chi connectivity index (χ3n) is 4.00. The number of carbonyl (C=O) groups is 1. The van der Waals surface area contributed by atoms with Crippen LogP contribution >= 0.6 is 22.7 Å². The zero-order chi connectivity index (χ0) is 18.1. The van der Waals surface area contributed by atoms with E-state index in [4.69, 9.17) is 0 Å². The Morgan fingerprint density at radius 2 is 1.96 bits per heavy atom. The molecular formula is C15H18N6O2S2. The molecule has 1 unspecified atom stereocenters. The molecule has 1 N–H and O–H groups in total. The lowest BCUT2D eigenvalue weighted by molar-refractivity contribution is -0.119. The van der Waals surface area contributed by atoms with Crippen LogP contribution in [-0.2, 0) is 11.2 Å². The summed E-state index contributed by atoms with van der Waals surface area (Å²) >= 11 is 2.75. The van der Waals surface area contributed by atoms with Gasteiger partial charge >= 0.3 is 0 Å². The van der Waals surface area contributed by atoms with Crippen LogP contribution in [0.2, 0.25) is 0 Å². The first kappa shape index (κ1) is 17.6. The molecule has 3 heterocycles. The summed E-state index contributed by atoms with van der Waals surface area (Å²) in [6.07, 6.45) is 1.16. The van der Waals surface area contributed by atoms with E-state index in [2.05, 4.69) is 25.8 Å². The van der Waals surface area contributed by atoms with Crippen molar-refractivity contribution in [1.29, 1.82) is 0 Å². The molecule has 0 aromatic carbocycles. The van der Waals surface area contributed by atoms with Crippen molar-refractivity contribution in [3.05, 3.63) is 25.8 Å². The number of aryl methyl sites for hydroxylation is 3. The summed E-state index contributed by atoms with van der Waals surface area (Å²) in [4.78, 5) is 27.1. The molecule has 0 bridgehead atoms. The van der Waals surface area contributed by atoms with Crippen molar-refractivity contribution in [2.24, 2.45) is 0 Å². The Morgan fingerprint density at radius 1 is 1.20 bits per heavy atom. The second-order valence-electron chi connectivity index (χ2n) is 5.57. The average molecular weight is 378 g/mol. The van der Waals surface area contributed by atoms with Gasteiger partial charge in [-0.15, -0.1) is 26.6 Å². The van der Waals surface area contributed by atoms with E-state index in [1.165, 1.54) is 27.4 Å². The summed E-state index contributed by atoms with van der Waals surface area (Å²) in [5.41, 5.74) is 0.598. The van der Waals surface area contributed by atoms with E-state index in [-0.39, 0.29) is 11.5 Å². The first-order valence-corrected chi connectivity index (χ1v) is 9.58. The molecule has 0 aliphatic heterocycles. The van der Waals surface area contributed by atoms with Gasteiger partial charge in [0.2, 0.25) is 5.13 Å². The molecule has 0 spiro atoms. The van der Waals surface area contributed by atoms with E-state index in [0.29, 0.717) is 21.8 Å². The van der Waals surface area contributed by atoms with E-state index in [1.807, 2.05) is 27.7 Å². The number of anilines is 1. The molecular weight excluding hydrogens is 360 g/mol. The number of fused-ring (bicyclic) bond motifs is 1. The van der Waals surface area contributed by atoms with Crippen LogP contribution in [-0.4, -0.2) is 31.1 Å². The van der Waals surface area contributed by atoms with Crippen molar-refractivity contribution in [2.45, 2.75) is 46.6 Å². The molecule has 0 radical (unpaired) electrons. The van der Waals surface area contributed by atoms with Gasteiger partial charge in [-0.2, -0.15) is 4.68 Å². The number of nitrogens with one attached hydrogen (secondary N) is 1. The van der Waals surface area contributed by atoms with Crippen LogP contribution in [0.25, 0.3) is 10.2 Å². The quantitative estimate of drug-likeness (QED) is 0.732. The highest BCUT2D eigenvalue weighted by Gasteiger charge is 2.24. The van der Waals surface area contributed by atoms with E-state index < -0.39 is 6.04 Å². The van der Waals surface area contributed by atoms with Gasteiger partial charge < -0.3 is 0 Å². The maximum atomic E-state index is 12.8. The molecule has 1 amide bonds. The number of hydrogen-bond donors (Lipinski definition) is 1. The highest BCUT2D eigenvalue weighted by atomic mass is 32.1. The van der Waals surface area contributed by atoms with Gasteiger partial charge in [0.1, 0.15) is 11.0 Å². The Balaban J connectivity index is 1.96. The molecule has 3 aromatic heterocycles. The summed E-state index contributed by atoms with van der Waals surface area (Å²) < 4.78 is 1.17. The second-order valence-corrected chi connectivity index (χ2v) is 7.84. The minimum atomic E-state index is -0.752. The maximum absolute atomic E-state index is 12.8. The molecule has 1 atom stereocenters. The number of aromatic nitrogens is 5. The van der Waals surface area contributed by atoms with Crippen molar-refractivity contribution in [1.82, 2.24) is 25.2 Å². The van der Waals surface area contributed by atoms with Gasteiger partial charge in [0.15, 0.2) is 4.83 Å². The lowest BCUT2D eigenvalue weighted by Gasteiger charge is -2.14.